The molecule has 0 unspecified atom stereocenters. The summed E-state index contributed by atoms with van der Waals surface area (Å²) in [5, 5.41) is 12.9. The standard InChI is InChI=1S/C3H3N2O3/c6-5(7)3-1-2-8-4-3/h2H,1H2. The highest BCUT2D eigenvalue weighted by Gasteiger charge is 2.20. The Morgan fingerprint density at radius 2 is 2.75 bits per heavy atom. The molecule has 0 saturated carbocycles. The van der Waals surface area contributed by atoms with Crippen LogP contribution < -0.4 is 0 Å². The second-order valence-electron chi connectivity index (χ2n) is 1.24. The first-order valence-corrected chi connectivity index (χ1v) is 1.99. The van der Waals surface area contributed by atoms with Gasteiger partial charge in [-0.1, -0.05) is 0 Å². The Bertz CT molecular complexity index is 141. The Kier molecular flexibility index (Phi) is 1.11. The van der Waals surface area contributed by atoms with Crippen LogP contribution in [0.1, 0.15) is 6.42 Å². The fraction of sp³-hybridized carbons (Fsp3) is 0.333. The first-order chi connectivity index (χ1) is 3.80. The molecule has 5 nitrogen and oxygen atoms in total. The second-order valence-corrected chi connectivity index (χ2v) is 1.24. The maximum Gasteiger partial charge on any atom is 0.389 e. The second kappa shape index (κ2) is 1.77. The quantitative estimate of drug-likeness (QED) is 0.333. The summed E-state index contributed by atoms with van der Waals surface area (Å²) in [5.74, 6) is -0.134. The van der Waals surface area contributed by atoms with Crippen molar-refractivity contribution in [2.75, 3.05) is 0 Å². The van der Waals surface area contributed by atoms with Crippen molar-refractivity contribution in [1.82, 2.24) is 0 Å². The molecule has 0 saturated heterocycles. The van der Waals surface area contributed by atoms with Crippen LogP contribution in [0.5, 0.6) is 0 Å². The largest absolute Gasteiger partial charge is 0.389 e. The summed E-state index contributed by atoms with van der Waals surface area (Å²) in [6.45, 7) is 1.28. The first-order valence-electron chi connectivity index (χ1n) is 1.99. The molecule has 8 heavy (non-hydrogen) atoms. The van der Waals surface area contributed by atoms with Gasteiger partial charge in [0.1, 0.15) is 6.42 Å². The van der Waals surface area contributed by atoms with Crippen LogP contribution >= 0.6 is 0 Å². The molecule has 0 bridgehead atoms. The Morgan fingerprint density at radius 1 is 2.00 bits per heavy atom. The summed E-state index contributed by atoms with van der Waals surface area (Å²) in [6.07, 6.45) is 0.201. The van der Waals surface area contributed by atoms with Crippen LogP contribution in [0.25, 0.3) is 0 Å². The SMILES string of the molecule is O=[N+]([O-])C1=NO[CH]C1. The molecule has 5 heteroatoms. The van der Waals surface area contributed by atoms with Crippen molar-refractivity contribution in [3.05, 3.63) is 16.7 Å². The number of nitrogens with zero attached hydrogens (tertiary/aromatic N) is 2. The van der Waals surface area contributed by atoms with Crippen molar-refractivity contribution in [2.45, 2.75) is 6.42 Å². The van der Waals surface area contributed by atoms with Crippen LogP contribution in [0.4, 0.5) is 0 Å². The van der Waals surface area contributed by atoms with E-state index in [0.29, 0.717) is 0 Å². The minimum Gasteiger partial charge on any atom is -0.358 e. The molecule has 0 atom stereocenters. The lowest BCUT2D eigenvalue weighted by molar-refractivity contribution is -0.352. The lowest BCUT2D eigenvalue weighted by atomic mass is 10.4. The van der Waals surface area contributed by atoms with Gasteiger partial charge in [-0.2, -0.15) is 0 Å². The molecule has 1 radical (unpaired) electrons. The van der Waals surface area contributed by atoms with E-state index in [2.05, 4.69) is 9.99 Å². The molecular weight excluding hydrogens is 112 g/mol. The number of rotatable bonds is 0. The monoisotopic (exact) mass is 115 g/mol. The van der Waals surface area contributed by atoms with Gasteiger partial charge >= 0.3 is 5.84 Å². The van der Waals surface area contributed by atoms with Gasteiger partial charge in [0, 0.05) is 0 Å². The minimum atomic E-state index is -0.566. The molecule has 0 amide bonds. The molecule has 1 rings (SSSR count). The normalized spacial score (nSPS) is 17.2. The van der Waals surface area contributed by atoms with E-state index in [9.17, 15) is 10.1 Å². The molecule has 1 heterocycles. The zero-order valence-corrected chi connectivity index (χ0v) is 3.90. The predicted molar refractivity (Wildman–Crippen MR) is 24.4 cm³/mol. The third kappa shape index (κ3) is 0.749. The van der Waals surface area contributed by atoms with Gasteiger partial charge in [0.15, 0.2) is 5.16 Å². The molecule has 0 N–H and O–H groups in total. The number of nitro groups is 1. The molecule has 0 aliphatic carbocycles. The highest BCUT2D eigenvalue weighted by Crippen LogP contribution is 2.03. The zero-order valence-electron chi connectivity index (χ0n) is 3.90. The van der Waals surface area contributed by atoms with Crippen LogP contribution in [0.3, 0.4) is 0 Å². The summed E-state index contributed by atoms with van der Waals surface area (Å²) in [6, 6.07) is 0. The Labute approximate surface area is 45.1 Å². The third-order valence-corrected chi connectivity index (χ3v) is 0.709. The first kappa shape index (κ1) is 5.02. The van der Waals surface area contributed by atoms with E-state index >= 15 is 0 Å². The van der Waals surface area contributed by atoms with Gasteiger partial charge in [-0.15, -0.1) is 0 Å². The van der Waals surface area contributed by atoms with E-state index in [0.717, 1.165) is 0 Å². The molecule has 43 valence electrons. The van der Waals surface area contributed by atoms with Gasteiger partial charge in [0.25, 0.3) is 0 Å². The summed E-state index contributed by atoms with van der Waals surface area (Å²) in [4.78, 5) is 13.5. The Hall–Kier alpha value is -1.13. The van der Waals surface area contributed by atoms with Crippen molar-refractivity contribution in [3.8, 4) is 0 Å². The smallest absolute Gasteiger partial charge is 0.358 e. The lowest BCUT2D eigenvalue weighted by Gasteiger charge is -1.83. The van der Waals surface area contributed by atoms with Crippen LogP contribution in [0.2, 0.25) is 0 Å². The maximum absolute atomic E-state index is 9.78. The van der Waals surface area contributed by atoms with E-state index in [1.165, 1.54) is 6.61 Å². The summed E-state index contributed by atoms with van der Waals surface area (Å²) in [7, 11) is 0. The summed E-state index contributed by atoms with van der Waals surface area (Å²) >= 11 is 0. The topological polar surface area (TPSA) is 64.7 Å². The number of amidine groups is 1. The Balaban J connectivity index is 2.57. The molecule has 1 aliphatic heterocycles. The maximum atomic E-state index is 9.78. The third-order valence-electron chi connectivity index (χ3n) is 0.709. The average Bonchev–Trinajstić information content (AvgIpc) is 2.12. The van der Waals surface area contributed by atoms with Gasteiger partial charge in [-0.3, -0.25) is 4.84 Å². The lowest BCUT2D eigenvalue weighted by Crippen LogP contribution is -2.06. The number of hydrogen-bond donors (Lipinski definition) is 0. The van der Waals surface area contributed by atoms with Crippen molar-refractivity contribution in [1.29, 1.82) is 0 Å². The van der Waals surface area contributed by atoms with Crippen LogP contribution in [0, 0.1) is 16.7 Å². The molecule has 0 aromatic carbocycles. The molecule has 1 aliphatic rings. The molecule has 0 aromatic rings. The molecule has 0 spiro atoms. The molecular formula is C3H3N2O3. The fourth-order valence-electron chi connectivity index (χ4n) is 0.355. The van der Waals surface area contributed by atoms with E-state index in [4.69, 9.17) is 0 Å². The van der Waals surface area contributed by atoms with Gasteiger partial charge in [0.05, 0.1) is 0 Å². The van der Waals surface area contributed by atoms with Crippen molar-refractivity contribution < 1.29 is 9.76 Å². The highest BCUT2D eigenvalue weighted by atomic mass is 16.7. The number of oxime groups is 1. The summed E-state index contributed by atoms with van der Waals surface area (Å²) in [5.41, 5.74) is 0. The number of hydrogen-bond acceptors (Lipinski definition) is 4. The van der Waals surface area contributed by atoms with Gasteiger partial charge in [0.2, 0.25) is 6.61 Å². The predicted octanol–water partition coefficient (Wildman–Crippen LogP) is 0.159. The van der Waals surface area contributed by atoms with Crippen LogP contribution in [-0.4, -0.2) is 10.8 Å². The van der Waals surface area contributed by atoms with Crippen LogP contribution in [-0.2, 0) is 4.84 Å². The average molecular weight is 115 g/mol. The van der Waals surface area contributed by atoms with Crippen molar-refractivity contribution in [3.63, 3.8) is 0 Å². The van der Waals surface area contributed by atoms with E-state index in [1.807, 2.05) is 0 Å². The Morgan fingerprint density at radius 3 is 3.00 bits per heavy atom. The van der Waals surface area contributed by atoms with Gasteiger partial charge < -0.3 is 10.1 Å². The van der Waals surface area contributed by atoms with E-state index < -0.39 is 4.92 Å². The van der Waals surface area contributed by atoms with E-state index in [-0.39, 0.29) is 12.3 Å². The van der Waals surface area contributed by atoms with Gasteiger partial charge in [-0.25, -0.2) is 0 Å². The minimum absolute atomic E-state index is 0.134. The van der Waals surface area contributed by atoms with Gasteiger partial charge in [-0.05, 0) is 4.92 Å². The van der Waals surface area contributed by atoms with Crippen LogP contribution in [0.15, 0.2) is 5.16 Å². The molecule has 0 aromatic heterocycles. The molecule has 0 fully saturated rings. The summed E-state index contributed by atoms with van der Waals surface area (Å²) < 4.78 is 0. The van der Waals surface area contributed by atoms with Crippen molar-refractivity contribution >= 4 is 5.84 Å². The fourth-order valence-corrected chi connectivity index (χ4v) is 0.355. The highest BCUT2D eigenvalue weighted by molar-refractivity contribution is 5.75. The van der Waals surface area contributed by atoms with E-state index in [1.54, 1.807) is 0 Å². The van der Waals surface area contributed by atoms with Crippen molar-refractivity contribution in [2.24, 2.45) is 5.16 Å². The zero-order chi connectivity index (χ0) is 5.98.